The molecular formula is C38H40N6O8S. The molecule has 0 saturated carbocycles. The number of carbonyl (C=O) groups is 4. The van der Waals surface area contributed by atoms with Crippen LogP contribution in [0.25, 0.3) is 0 Å². The minimum Gasteiger partial charge on any atom is -0.493 e. The van der Waals surface area contributed by atoms with Gasteiger partial charge < -0.3 is 29.6 Å². The Balaban J connectivity index is 1.18. The second kappa shape index (κ2) is 19.3. The normalized spacial score (nSPS) is 11.2. The van der Waals surface area contributed by atoms with E-state index >= 15 is 0 Å². The number of anilines is 2. The van der Waals surface area contributed by atoms with Gasteiger partial charge in [-0.05, 0) is 85.6 Å². The molecule has 0 aliphatic rings. The first-order valence-electron chi connectivity index (χ1n) is 16.1. The summed E-state index contributed by atoms with van der Waals surface area (Å²) in [5, 5.41) is 13.9. The minimum absolute atomic E-state index is 0.00447. The monoisotopic (exact) mass is 740 g/mol. The van der Waals surface area contributed by atoms with Crippen molar-refractivity contribution in [1.29, 1.82) is 0 Å². The maximum absolute atomic E-state index is 12.7. The standard InChI is InChI=1S/C38H40N6O8S/c1-23(25-7-13-29(14-8-25)39-37(47)27-11-17-31(49-3)33(19-27)51-5)41-43-35(45)21-53-22-36(46)44-42-24(2)26-9-15-30(16-10-26)40-38(48)28-12-18-32(50-4)34(20-28)52-6/h7-20H,21-22H2,1-6H3,(H,39,47)(H,40,48)(H,43,45)(H,44,46). The van der Waals surface area contributed by atoms with Crippen LogP contribution in [0.5, 0.6) is 23.0 Å². The van der Waals surface area contributed by atoms with Gasteiger partial charge in [0, 0.05) is 22.5 Å². The van der Waals surface area contributed by atoms with E-state index in [1.54, 1.807) is 98.8 Å². The van der Waals surface area contributed by atoms with Crippen molar-refractivity contribution in [2.45, 2.75) is 13.8 Å². The Morgan fingerprint density at radius 2 is 0.849 bits per heavy atom. The number of thioether (sulfide) groups is 1. The lowest BCUT2D eigenvalue weighted by Crippen LogP contribution is -2.24. The predicted octanol–water partition coefficient (Wildman–Crippen LogP) is 5.34. The zero-order valence-electron chi connectivity index (χ0n) is 30.1. The van der Waals surface area contributed by atoms with Crippen LogP contribution in [0.15, 0.2) is 95.1 Å². The quantitative estimate of drug-likeness (QED) is 0.0872. The van der Waals surface area contributed by atoms with Crippen LogP contribution in [0.1, 0.15) is 45.7 Å². The van der Waals surface area contributed by atoms with Crippen LogP contribution in [0.2, 0.25) is 0 Å². The van der Waals surface area contributed by atoms with Crippen molar-refractivity contribution in [3.8, 4) is 23.0 Å². The van der Waals surface area contributed by atoms with Crippen molar-refractivity contribution in [3.05, 3.63) is 107 Å². The molecule has 276 valence electrons. The number of amides is 4. The summed E-state index contributed by atoms with van der Waals surface area (Å²) in [7, 11) is 6.04. The average Bonchev–Trinajstić information content (AvgIpc) is 3.18. The third-order valence-electron chi connectivity index (χ3n) is 7.58. The Bertz CT molecular complexity index is 1860. The summed E-state index contributed by atoms with van der Waals surface area (Å²) in [5.41, 5.74) is 9.53. The molecule has 0 unspecified atom stereocenters. The van der Waals surface area contributed by atoms with Crippen LogP contribution < -0.4 is 40.4 Å². The van der Waals surface area contributed by atoms with Crippen LogP contribution in [-0.4, -0.2) is 75.0 Å². The molecule has 0 bridgehead atoms. The van der Waals surface area contributed by atoms with Crippen molar-refractivity contribution in [1.82, 2.24) is 10.9 Å². The third kappa shape index (κ3) is 11.3. The first-order chi connectivity index (χ1) is 25.5. The number of carbonyl (C=O) groups excluding carboxylic acids is 4. The number of nitrogens with zero attached hydrogens (tertiary/aromatic N) is 2. The molecule has 0 aromatic heterocycles. The molecule has 15 heteroatoms. The fourth-order valence-corrected chi connectivity index (χ4v) is 5.28. The molecule has 4 aromatic rings. The number of hydrogen-bond donors (Lipinski definition) is 4. The molecule has 0 radical (unpaired) electrons. The first kappa shape index (κ1) is 39.4. The summed E-state index contributed by atoms with van der Waals surface area (Å²) in [6.07, 6.45) is 0. The van der Waals surface area contributed by atoms with Crippen LogP contribution in [0.3, 0.4) is 0 Å². The number of hydrazone groups is 2. The molecule has 0 heterocycles. The van der Waals surface area contributed by atoms with Gasteiger partial charge in [-0.1, -0.05) is 24.3 Å². The van der Waals surface area contributed by atoms with Gasteiger partial charge in [0.25, 0.3) is 11.8 Å². The number of rotatable bonds is 16. The largest absolute Gasteiger partial charge is 0.493 e. The zero-order chi connectivity index (χ0) is 38.3. The SMILES string of the molecule is COc1ccc(C(=O)Nc2ccc(C(C)=NNC(=O)CSCC(=O)NN=C(C)c3ccc(NC(=O)c4ccc(OC)c(OC)c4)cc3)cc2)cc1OC. The molecule has 0 fully saturated rings. The summed E-state index contributed by atoms with van der Waals surface area (Å²) in [4.78, 5) is 50.1. The van der Waals surface area contributed by atoms with Crippen molar-refractivity contribution in [2.24, 2.45) is 10.2 Å². The van der Waals surface area contributed by atoms with Gasteiger partial charge >= 0.3 is 0 Å². The van der Waals surface area contributed by atoms with Gasteiger partial charge in [-0.3, -0.25) is 19.2 Å². The highest BCUT2D eigenvalue weighted by Crippen LogP contribution is 2.29. The Labute approximate surface area is 311 Å². The molecule has 14 nitrogen and oxygen atoms in total. The lowest BCUT2D eigenvalue weighted by Gasteiger charge is -2.10. The highest BCUT2D eigenvalue weighted by Gasteiger charge is 2.13. The van der Waals surface area contributed by atoms with E-state index in [9.17, 15) is 19.2 Å². The van der Waals surface area contributed by atoms with E-state index in [1.165, 1.54) is 28.4 Å². The molecule has 0 aliphatic heterocycles. The van der Waals surface area contributed by atoms with Gasteiger partial charge in [0.05, 0.1) is 51.4 Å². The molecule has 0 spiro atoms. The van der Waals surface area contributed by atoms with Crippen LogP contribution >= 0.6 is 11.8 Å². The third-order valence-corrected chi connectivity index (χ3v) is 8.51. The van der Waals surface area contributed by atoms with E-state index in [1.807, 2.05) is 0 Å². The number of nitrogens with one attached hydrogen (secondary N) is 4. The molecule has 53 heavy (non-hydrogen) atoms. The molecule has 4 aromatic carbocycles. The molecular weight excluding hydrogens is 701 g/mol. The second-order valence-corrected chi connectivity index (χ2v) is 12.1. The number of hydrogen-bond acceptors (Lipinski definition) is 11. The van der Waals surface area contributed by atoms with E-state index in [0.29, 0.717) is 56.9 Å². The summed E-state index contributed by atoms with van der Waals surface area (Å²) >= 11 is 1.11. The van der Waals surface area contributed by atoms with Gasteiger partial charge in [-0.15, -0.1) is 11.8 Å². The molecule has 0 saturated heterocycles. The number of benzene rings is 4. The van der Waals surface area contributed by atoms with Crippen LogP contribution in [0.4, 0.5) is 11.4 Å². The van der Waals surface area contributed by atoms with Crippen LogP contribution in [0, 0.1) is 0 Å². The van der Waals surface area contributed by atoms with Gasteiger partial charge in [0.2, 0.25) is 11.8 Å². The average molecular weight is 741 g/mol. The van der Waals surface area contributed by atoms with Crippen LogP contribution in [-0.2, 0) is 9.59 Å². The van der Waals surface area contributed by atoms with E-state index in [4.69, 9.17) is 18.9 Å². The zero-order valence-corrected chi connectivity index (χ0v) is 30.9. The predicted molar refractivity (Wildman–Crippen MR) is 206 cm³/mol. The van der Waals surface area contributed by atoms with E-state index in [-0.39, 0.29) is 35.1 Å². The highest BCUT2D eigenvalue weighted by atomic mass is 32.2. The smallest absolute Gasteiger partial charge is 0.255 e. The van der Waals surface area contributed by atoms with Gasteiger partial charge in [0.15, 0.2) is 23.0 Å². The molecule has 4 N–H and O–H groups in total. The van der Waals surface area contributed by atoms with Gasteiger partial charge in [-0.2, -0.15) is 10.2 Å². The Morgan fingerprint density at radius 1 is 0.509 bits per heavy atom. The van der Waals surface area contributed by atoms with E-state index in [0.717, 1.165) is 22.9 Å². The summed E-state index contributed by atoms with van der Waals surface area (Å²) in [5.74, 6) is 0.573. The second-order valence-electron chi connectivity index (χ2n) is 11.2. The summed E-state index contributed by atoms with van der Waals surface area (Å²) in [6, 6.07) is 23.8. The fraction of sp³-hybridized carbons (Fsp3) is 0.211. The number of ether oxygens (including phenoxy) is 4. The first-order valence-corrected chi connectivity index (χ1v) is 17.2. The fourth-order valence-electron chi connectivity index (χ4n) is 4.67. The van der Waals surface area contributed by atoms with Gasteiger partial charge in [-0.25, -0.2) is 10.9 Å². The molecule has 4 amide bonds. The lowest BCUT2D eigenvalue weighted by atomic mass is 10.1. The topological polar surface area (TPSA) is 178 Å². The van der Waals surface area contributed by atoms with Crippen molar-refractivity contribution < 1.29 is 38.1 Å². The minimum atomic E-state index is -0.376. The Hall–Kier alpha value is -6.35. The summed E-state index contributed by atoms with van der Waals surface area (Å²) < 4.78 is 21.0. The maximum Gasteiger partial charge on any atom is 0.255 e. The Morgan fingerprint density at radius 3 is 1.19 bits per heavy atom. The molecule has 4 rings (SSSR count). The number of methoxy groups -OCH3 is 4. The van der Waals surface area contributed by atoms with E-state index < -0.39 is 0 Å². The van der Waals surface area contributed by atoms with Crippen molar-refractivity contribution >= 4 is 58.2 Å². The maximum atomic E-state index is 12.7. The van der Waals surface area contributed by atoms with Gasteiger partial charge in [0.1, 0.15) is 0 Å². The Kier molecular flexibility index (Phi) is 14.4. The molecule has 0 aliphatic carbocycles. The summed E-state index contributed by atoms with van der Waals surface area (Å²) in [6.45, 7) is 3.48. The highest BCUT2D eigenvalue weighted by molar-refractivity contribution is 8.00. The molecule has 0 atom stereocenters. The van der Waals surface area contributed by atoms with Crippen molar-refractivity contribution in [3.63, 3.8) is 0 Å². The van der Waals surface area contributed by atoms with E-state index in [2.05, 4.69) is 31.7 Å². The lowest BCUT2D eigenvalue weighted by molar-refractivity contribution is -0.118. The van der Waals surface area contributed by atoms with Crippen molar-refractivity contribution in [2.75, 3.05) is 50.6 Å².